The fourth-order valence-corrected chi connectivity index (χ4v) is 4.82. The van der Waals surface area contributed by atoms with E-state index in [0.29, 0.717) is 0 Å². The van der Waals surface area contributed by atoms with Gasteiger partial charge in [-0.2, -0.15) is 13.2 Å². The fraction of sp³-hybridized carbons (Fsp3) is 0.556. The third-order valence-corrected chi connectivity index (χ3v) is 6.41. The number of amides is 2. The minimum Gasteiger partial charge on any atom is -0.351 e. The maximum absolute atomic E-state index is 13.4. The van der Waals surface area contributed by atoms with Gasteiger partial charge in [0.2, 0.25) is 11.8 Å². The van der Waals surface area contributed by atoms with Crippen molar-refractivity contribution in [1.82, 2.24) is 10.2 Å². The molecule has 0 radical (unpaired) electrons. The molecule has 0 bridgehead atoms. The van der Waals surface area contributed by atoms with Crippen molar-refractivity contribution < 1.29 is 31.2 Å². The molecule has 0 saturated carbocycles. The number of rotatable bonds is 7. The molecule has 0 spiro atoms. The Bertz CT molecular complexity index is 797. The first-order valence-electron chi connectivity index (χ1n) is 8.91. The van der Waals surface area contributed by atoms with E-state index in [9.17, 15) is 31.2 Å². The summed E-state index contributed by atoms with van der Waals surface area (Å²) in [5.74, 6) is -3.51. The maximum atomic E-state index is 13.4. The van der Waals surface area contributed by atoms with Crippen molar-refractivity contribution in [2.45, 2.75) is 37.9 Å². The second-order valence-corrected chi connectivity index (χ2v) is 9.01. The molecule has 0 aliphatic carbocycles. The lowest BCUT2D eigenvalue weighted by molar-refractivity contribution is -0.160. The van der Waals surface area contributed by atoms with Crippen LogP contribution in [0.5, 0.6) is 0 Å². The van der Waals surface area contributed by atoms with E-state index in [1.54, 1.807) is 13.0 Å². The van der Waals surface area contributed by atoms with Crippen molar-refractivity contribution in [3.05, 3.63) is 35.9 Å². The highest BCUT2D eigenvalue weighted by Crippen LogP contribution is 2.37. The first kappa shape index (κ1) is 22.2. The largest absolute Gasteiger partial charge is 0.396 e. The van der Waals surface area contributed by atoms with Gasteiger partial charge >= 0.3 is 6.18 Å². The Labute approximate surface area is 162 Å². The van der Waals surface area contributed by atoms with Gasteiger partial charge in [-0.15, -0.1) is 0 Å². The zero-order chi connectivity index (χ0) is 20.9. The Balaban J connectivity index is 2.00. The van der Waals surface area contributed by atoms with Crippen molar-refractivity contribution >= 4 is 21.7 Å². The van der Waals surface area contributed by atoms with E-state index >= 15 is 0 Å². The predicted molar refractivity (Wildman–Crippen MR) is 97.3 cm³/mol. The van der Waals surface area contributed by atoms with Gasteiger partial charge < -0.3 is 10.2 Å². The Morgan fingerprint density at radius 2 is 1.89 bits per heavy atom. The number of carbonyl (C=O) groups is 2. The molecular weight excluding hydrogens is 397 g/mol. The molecule has 10 heteroatoms. The Kier molecular flexibility index (Phi) is 7.08. The standard InChI is InChI=1S/C18H23F3N2O4S/c1-2-23(11-16(24)22-14-8-9-28(26,27)12-14)17(25)10-15(18(19,20)21)13-6-4-3-5-7-13/h3-7,14-15H,2,8-12H2,1H3,(H,22,24). The normalized spacial score (nSPS) is 19.8. The summed E-state index contributed by atoms with van der Waals surface area (Å²) in [6, 6.07) is 6.63. The van der Waals surface area contributed by atoms with Gasteiger partial charge in [0.15, 0.2) is 9.84 Å². The second kappa shape index (κ2) is 8.93. The Morgan fingerprint density at radius 3 is 2.39 bits per heavy atom. The van der Waals surface area contributed by atoms with E-state index in [1.807, 2.05) is 0 Å². The van der Waals surface area contributed by atoms with E-state index in [0.717, 1.165) is 4.90 Å². The van der Waals surface area contributed by atoms with Crippen LogP contribution in [-0.2, 0) is 19.4 Å². The molecule has 1 aliphatic rings. The average molecular weight is 420 g/mol. The molecular formula is C18H23F3N2O4S. The summed E-state index contributed by atoms with van der Waals surface area (Å²) in [4.78, 5) is 25.6. The Morgan fingerprint density at radius 1 is 1.25 bits per heavy atom. The number of carbonyl (C=O) groups excluding carboxylic acids is 2. The number of nitrogens with one attached hydrogen (secondary N) is 1. The van der Waals surface area contributed by atoms with Gasteiger partial charge in [-0.25, -0.2) is 8.42 Å². The van der Waals surface area contributed by atoms with Crippen LogP contribution in [0.1, 0.15) is 31.2 Å². The summed E-state index contributed by atoms with van der Waals surface area (Å²) >= 11 is 0. The smallest absolute Gasteiger partial charge is 0.351 e. The minimum absolute atomic E-state index is 0.0139. The number of benzene rings is 1. The molecule has 28 heavy (non-hydrogen) atoms. The van der Waals surface area contributed by atoms with Gasteiger partial charge in [0.1, 0.15) is 0 Å². The van der Waals surface area contributed by atoms with Crippen LogP contribution in [0, 0.1) is 0 Å². The van der Waals surface area contributed by atoms with E-state index < -0.39 is 52.8 Å². The quantitative estimate of drug-likeness (QED) is 0.730. The molecule has 2 amide bonds. The van der Waals surface area contributed by atoms with E-state index in [2.05, 4.69) is 5.32 Å². The van der Waals surface area contributed by atoms with Crippen molar-refractivity contribution in [1.29, 1.82) is 0 Å². The van der Waals surface area contributed by atoms with Crippen LogP contribution >= 0.6 is 0 Å². The molecule has 2 rings (SSSR count). The van der Waals surface area contributed by atoms with Crippen LogP contribution in [0.25, 0.3) is 0 Å². The van der Waals surface area contributed by atoms with Crippen molar-refractivity contribution in [3.8, 4) is 0 Å². The molecule has 6 nitrogen and oxygen atoms in total. The fourth-order valence-electron chi connectivity index (χ4n) is 3.14. The lowest BCUT2D eigenvalue weighted by atomic mass is 9.94. The lowest BCUT2D eigenvalue weighted by Gasteiger charge is -2.25. The molecule has 1 aromatic rings. The monoisotopic (exact) mass is 420 g/mol. The van der Waals surface area contributed by atoms with E-state index in [-0.39, 0.29) is 30.0 Å². The molecule has 156 valence electrons. The lowest BCUT2D eigenvalue weighted by Crippen LogP contribution is -2.45. The molecule has 1 saturated heterocycles. The topological polar surface area (TPSA) is 83.6 Å². The maximum Gasteiger partial charge on any atom is 0.396 e. The van der Waals surface area contributed by atoms with Crippen molar-refractivity contribution in [2.24, 2.45) is 0 Å². The molecule has 0 aromatic heterocycles. The SMILES string of the molecule is CCN(CC(=O)NC1CCS(=O)(=O)C1)C(=O)CC(c1ccccc1)C(F)(F)F. The summed E-state index contributed by atoms with van der Waals surface area (Å²) in [5, 5.41) is 2.54. The number of halogens is 3. The molecule has 1 aliphatic heterocycles. The molecule has 1 aromatic carbocycles. The first-order chi connectivity index (χ1) is 13.0. The average Bonchev–Trinajstić information content (AvgIpc) is 2.95. The molecule has 1 fully saturated rings. The first-order valence-corrected chi connectivity index (χ1v) is 10.7. The van der Waals surface area contributed by atoms with E-state index in [4.69, 9.17) is 0 Å². The number of hydrogen-bond donors (Lipinski definition) is 1. The van der Waals surface area contributed by atoms with Crippen molar-refractivity contribution in [2.75, 3.05) is 24.6 Å². The van der Waals surface area contributed by atoms with E-state index in [1.165, 1.54) is 24.3 Å². The van der Waals surface area contributed by atoms with Crippen molar-refractivity contribution in [3.63, 3.8) is 0 Å². The molecule has 1 N–H and O–H groups in total. The zero-order valence-corrected chi connectivity index (χ0v) is 16.2. The van der Waals surface area contributed by atoms with Crippen LogP contribution in [0.4, 0.5) is 13.2 Å². The summed E-state index contributed by atoms with van der Waals surface area (Å²) < 4.78 is 63.2. The molecule has 2 atom stereocenters. The third-order valence-electron chi connectivity index (χ3n) is 4.64. The van der Waals surface area contributed by atoms with Gasteiger partial charge in [-0.05, 0) is 18.9 Å². The molecule has 1 heterocycles. The van der Waals surface area contributed by atoms with Gasteiger partial charge in [0.05, 0.1) is 24.0 Å². The van der Waals surface area contributed by atoms with Crippen LogP contribution < -0.4 is 5.32 Å². The van der Waals surface area contributed by atoms with Gasteiger partial charge in [0.25, 0.3) is 0 Å². The van der Waals surface area contributed by atoms with Gasteiger partial charge in [0, 0.05) is 19.0 Å². The van der Waals surface area contributed by atoms with Gasteiger partial charge in [-0.3, -0.25) is 9.59 Å². The number of alkyl halides is 3. The number of hydrogen-bond acceptors (Lipinski definition) is 4. The molecule has 2 unspecified atom stereocenters. The second-order valence-electron chi connectivity index (χ2n) is 6.78. The predicted octanol–water partition coefficient (Wildman–Crippen LogP) is 1.87. The van der Waals surface area contributed by atoms with Crippen LogP contribution in [0.2, 0.25) is 0 Å². The van der Waals surface area contributed by atoms with Crippen LogP contribution in [-0.4, -0.2) is 61.9 Å². The zero-order valence-electron chi connectivity index (χ0n) is 15.4. The number of likely N-dealkylation sites (N-methyl/N-ethyl adjacent to an activating group) is 1. The van der Waals surface area contributed by atoms with Crippen LogP contribution in [0.15, 0.2) is 30.3 Å². The number of nitrogens with zero attached hydrogens (tertiary/aromatic N) is 1. The van der Waals surface area contributed by atoms with Gasteiger partial charge in [-0.1, -0.05) is 30.3 Å². The summed E-state index contributed by atoms with van der Waals surface area (Å²) in [6.07, 6.45) is -5.11. The number of sulfone groups is 1. The third kappa shape index (κ3) is 6.22. The highest BCUT2D eigenvalue weighted by molar-refractivity contribution is 7.91. The summed E-state index contributed by atoms with van der Waals surface area (Å²) in [7, 11) is -3.17. The Hall–Kier alpha value is -2.10. The highest BCUT2D eigenvalue weighted by Gasteiger charge is 2.42. The highest BCUT2D eigenvalue weighted by atomic mass is 32.2. The summed E-state index contributed by atoms with van der Waals surface area (Å²) in [5.41, 5.74) is -0.0139. The van der Waals surface area contributed by atoms with Crippen LogP contribution in [0.3, 0.4) is 0 Å². The summed E-state index contributed by atoms with van der Waals surface area (Å²) in [6.45, 7) is 1.22. The minimum atomic E-state index is -4.60.